The Hall–Kier alpha value is -2.77. The molecule has 0 amide bonds. The van der Waals surface area contributed by atoms with Gasteiger partial charge in [0.15, 0.2) is 11.5 Å². The van der Waals surface area contributed by atoms with Gasteiger partial charge < -0.3 is 19.3 Å². The Labute approximate surface area is 164 Å². The SMILES string of the molecule is COc1ccc(/C=C/c2nc3c(cc(O)c4ccsc43)s2)c(OC)c1OC. The van der Waals surface area contributed by atoms with Gasteiger partial charge in [0.1, 0.15) is 10.8 Å². The molecule has 27 heavy (non-hydrogen) atoms. The van der Waals surface area contributed by atoms with E-state index in [1.165, 1.54) is 11.3 Å². The lowest BCUT2D eigenvalue weighted by molar-refractivity contribution is 0.324. The maximum atomic E-state index is 10.2. The van der Waals surface area contributed by atoms with Crippen molar-refractivity contribution in [1.29, 1.82) is 0 Å². The van der Waals surface area contributed by atoms with Gasteiger partial charge in [-0.05, 0) is 35.7 Å². The number of thiazole rings is 1. The molecule has 0 unspecified atom stereocenters. The van der Waals surface area contributed by atoms with Gasteiger partial charge >= 0.3 is 0 Å². The normalized spacial score (nSPS) is 11.5. The number of thiophene rings is 1. The number of hydrogen-bond acceptors (Lipinski definition) is 7. The van der Waals surface area contributed by atoms with Crippen molar-refractivity contribution >= 4 is 55.1 Å². The molecule has 0 aliphatic carbocycles. The first-order valence-corrected chi connectivity index (χ1v) is 9.82. The van der Waals surface area contributed by atoms with E-state index in [2.05, 4.69) is 0 Å². The second kappa shape index (κ2) is 7.09. The van der Waals surface area contributed by atoms with Crippen LogP contribution in [0, 0.1) is 0 Å². The summed E-state index contributed by atoms with van der Waals surface area (Å²) in [5.74, 6) is 2.06. The number of fused-ring (bicyclic) bond motifs is 3. The van der Waals surface area contributed by atoms with Crippen LogP contribution >= 0.6 is 22.7 Å². The van der Waals surface area contributed by atoms with Crippen molar-refractivity contribution < 1.29 is 19.3 Å². The smallest absolute Gasteiger partial charge is 0.203 e. The van der Waals surface area contributed by atoms with Crippen molar-refractivity contribution in [3.05, 3.63) is 40.2 Å². The van der Waals surface area contributed by atoms with Gasteiger partial charge in [0.05, 0.1) is 36.2 Å². The lowest BCUT2D eigenvalue weighted by atomic mass is 10.1. The summed E-state index contributed by atoms with van der Waals surface area (Å²) < 4.78 is 18.2. The number of phenols is 1. The van der Waals surface area contributed by atoms with Crippen LogP contribution in [0.4, 0.5) is 0 Å². The Morgan fingerprint density at radius 2 is 1.81 bits per heavy atom. The van der Waals surface area contributed by atoms with Crippen LogP contribution < -0.4 is 14.2 Å². The zero-order chi connectivity index (χ0) is 19.0. The minimum Gasteiger partial charge on any atom is -0.507 e. The average molecular weight is 399 g/mol. The molecule has 0 radical (unpaired) electrons. The molecule has 0 atom stereocenters. The second-order valence-electron chi connectivity index (χ2n) is 5.71. The van der Waals surface area contributed by atoms with Gasteiger partial charge in [-0.3, -0.25) is 0 Å². The van der Waals surface area contributed by atoms with Gasteiger partial charge in [0.25, 0.3) is 0 Å². The number of ether oxygens (including phenoxy) is 3. The molecule has 2 aromatic heterocycles. The van der Waals surface area contributed by atoms with Crippen LogP contribution in [0.15, 0.2) is 29.6 Å². The highest BCUT2D eigenvalue weighted by molar-refractivity contribution is 7.22. The number of rotatable bonds is 5. The predicted molar refractivity (Wildman–Crippen MR) is 112 cm³/mol. The molecule has 4 rings (SSSR count). The minimum absolute atomic E-state index is 0.291. The van der Waals surface area contributed by atoms with E-state index >= 15 is 0 Å². The summed E-state index contributed by atoms with van der Waals surface area (Å²) in [4.78, 5) is 4.74. The molecule has 0 spiro atoms. The average Bonchev–Trinajstić information content (AvgIpc) is 3.32. The lowest BCUT2D eigenvalue weighted by Crippen LogP contribution is -1.96. The summed E-state index contributed by atoms with van der Waals surface area (Å²) in [6.07, 6.45) is 3.87. The summed E-state index contributed by atoms with van der Waals surface area (Å²) in [5, 5.41) is 13.8. The molecule has 0 saturated heterocycles. The van der Waals surface area contributed by atoms with E-state index < -0.39 is 0 Å². The van der Waals surface area contributed by atoms with Crippen molar-refractivity contribution in [3.63, 3.8) is 0 Å². The number of phenolic OH excluding ortho intramolecular Hbond substituents is 1. The molecule has 2 aromatic carbocycles. The van der Waals surface area contributed by atoms with Crippen LogP contribution in [0.25, 0.3) is 32.5 Å². The Morgan fingerprint density at radius 3 is 2.56 bits per heavy atom. The fourth-order valence-corrected chi connectivity index (χ4v) is 4.88. The number of aromatic hydroxyl groups is 1. The van der Waals surface area contributed by atoms with Crippen molar-refractivity contribution in [1.82, 2.24) is 4.98 Å². The van der Waals surface area contributed by atoms with Crippen LogP contribution in [0.1, 0.15) is 10.6 Å². The van der Waals surface area contributed by atoms with Crippen molar-refractivity contribution in [2.45, 2.75) is 0 Å². The third-order valence-corrected chi connectivity index (χ3v) is 6.12. The maximum absolute atomic E-state index is 10.2. The molecule has 0 saturated carbocycles. The van der Waals surface area contributed by atoms with Crippen LogP contribution in [0.3, 0.4) is 0 Å². The predicted octanol–water partition coefficient (Wildman–Crippen LogP) is 5.41. The van der Waals surface area contributed by atoms with Crippen LogP contribution in [0.5, 0.6) is 23.0 Å². The lowest BCUT2D eigenvalue weighted by Gasteiger charge is -2.13. The molecule has 0 bridgehead atoms. The number of nitrogens with zero attached hydrogens (tertiary/aromatic N) is 1. The van der Waals surface area contributed by atoms with Gasteiger partial charge in [-0.1, -0.05) is 0 Å². The summed E-state index contributed by atoms with van der Waals surface area (Å²) in [5.41, 5.74) is 1.78. The van der Waals surface area contributed by atoms with Crippen LogP contribution in [0.2, 0.25) is 0 Å². The molecular weight excluding hydrogens is 382 g/mol. The van der Waals surface area contributed by atoms with E-state index in [-0.39, 0.29) is 0 Å². The van der Waals surface area contributed by atoms with Crippen LogP contribution in [-0.4, -0.2) is 31.4 Å². The molecular formula is C20H17NO4S2. The third-order valence-electron chi connectivity index (χ3n) is 4.23. The number of benzene rings is 2. The first kappa shape index (κ1) is 17.6. The highest BCUT2D eigenvalue weighted by Crippen LogP contribution is 2.41. The standard InChI is InChI=1S/C20H17NO4S2/c1-23-14-6-4-11(18(24-2)19(14)25-3)5-7-16-21-17-15(27-16)10-13(22)12-8-9-26-20(12)17/h4-10,22H,1-3H3/b7-5+. The van der Waals surface area contributed by atoms with Crippen molar-refractivity contribution in [2.75, 3.05) is 21.3 Å². The molecule has 0 fully saturated rings. The summed E-state index contributed by atoms with van der Waals surface area (Å²) >= 11 is 3.12. The number of methoxy groups -OCH3 is 3. The molecule has 0 aliphatic rings. The Bertz CT molecular complexity index is 1160. The first-order valence-electron chi connectivity index (χ1n) is 8.13. The molecule has 5 nitrogen and oxygen atoms in total. The van der Waals surface area contributed by atoms with Gasteiger partial charge in [-0.15, -0.1) is 22.7 Å². The number of hydrogen-bond donors (Lipinski definition) is 1. The Kier molecular flexibility index (Phi) is 4.63. The fourth-order valence-electron chi connectivity index (χ4n) is 2.99. The molecule has 4 aromatic rings. The second-order valence-corrected chi connectivity index (χ2v) is 7.69. The fraction of sp³-hybridized carbons (Fsp3) is 0.150. The summed E-state index contributed by atoms with van der Waals surface area (Å²) in [7, 11) is 4.78. The monoisotopic (exact) mass is 399 g/mol. The van der Waals surface area contributed by atoms with Crippen LogP contribution in [-0.2, 0) is 0 Å². The zero-order valence-electron chi connectivity index (χ0n) is 15.0. The molecule has 1 N–H and O–H groups in total. The van der Waals surface area contributed by atoms with E-state index in [0.717, 1.165) is 30.9 Å². The third kappa shape index (κ3) is 2.98. The van der Waals surface area contributed by atoms with E-state index in [4.69, 9.17) is 19.2 Å². The summed E-state index contributed by atoms with van der Waals surface area (Å²) in [6, 6.07) is 7.44. The van der Waals surface area contributed by atoms with E-state index in [1.807, 2.05) is 35.7 Å². The van der Waals surface area contributed by atoms with E-state index in [1.54, 1.807) is 38.7 Å². The highest BCUT2D eigenvalue weighted by Gasteiger charge is 2.15. The van der Waals surface area contributed by atoms with Gasteiger partial charge in [0.2, 0.25) is 5.75 Å². The van der Waals surface area contributed by atoms with Gasteiger partial charge in [-0.25, -0.2) is 4.98 Å². The van der Waals surface area contributed by atoms with Gasteiger partial charge in [-0.2, -0.15) is 0 Å². The van der Waals surface area contributed by atoms with E-state index in [9.17, 15) is 5.11 Å². The van der Waals surface area contributed by atoms with Gasteiger partial charge in [0, 0.05) is 17.0 Å². The molecule has 2 heterocycles. The first-order chi connectivity index (χ1) is 13.2. The number of aromatic nitrogens is 1. The zero-order valence-corrected chi connectivity index (χ0v) is 16.6. The Balaban J connectivity index is 1.77. The Morgan fingerprint density at radius 1 is 1.00 bits per heavy atom. The highest BCUT2D eigenvalue weighted by atomic mass is 32.1. The topological polar surface area (TPSA) is 60.8 Å². The van der Waals surface area contributed by atoms with E-state index in [0.29, 0.717) is 23.0 Å². The quantitative estimate of drug-likeness (QED) is 0.486. The largest absolute Gasteiger partial charge is 0.507 e. The summed E-state index contributed by atoms with van der Waals surface area (Å²) in [6.45, 7) is 0. The minimum atomic E-state index is 0.291. The maximum Gasteiger partial charge on any atom is 0.203 e. The molecule has 138 valence electrons. The molecule has 0 aliphatic heterocycles. The van der Waals surface area contributed by atoms with Crippen molar-refractivity contribution in [3.8, 4) is 23.0 Å². The van der Waals surface area contributed by atoms with Crippen molar-refractivity contribution in [2.24, 2.45) is 0 Å². The molecule has 7 heteroatoms.